The van der Waals surface area contributed by atoms with Gasteiger partial charge in [0.15, 0.2) is 0 Å². The first-order valence-electron chi connectivity index (χ1n) is 8.58. The van der Waals surface area contributed by atoms with E-state index in [1.165, 1.54) is 16.7 Å². The molecule has 1 aromatic rings. The summed E-state index contributed by atoms with van der Waals surface area (Å²) >= 11 is 0. The van der Waals surface area contributed by atoms with E-state index in [0.717, 1.165) is 32.2 Å². The third kappa shape index (κ3) is 5.10. The van der Waals surface area contributed by atoms with Crippen LogP contribution < -0.4 is 5.32 Å². The second kappa shape index (κ2) is 8.73. The highest BCUT2D eigenvalue weighted by Gasteiger charge is 2.19. The predicted molar refractivity (Wildman–Crippen MR) is 94.3 cm³/mol. The lowest BCUT2D eigenvalue weighted by Crippen LogP contribution is -2.45. The van der Waals surface area contributed by atoms with Crippen LogP contribution in [0.5, 0.6) is 0 Å². The Bertz CT molecular complexity index is 537. The summed E-state index contributed by atoms with van der Waals surface area (Å²) in [6, 6.07) is 8.80. The van der Waals surface area contributed by atoms with E-state index < -0.39 is 0 Å². The van der Waals surface area contributed by atoms with Crippen molar-refractivity contribution in [3.05, 3.63) is 41.5 Å². The molecule has 0 bridgehead atoms. The lowest BCUT2D eigenvalue weighted by Gasteiger charge is -2.28. The number of rotatable bonds is 6. The Morgan fingerprint density at radius 1 is 1.35 bits per heavy atom. The van der Waals surface area contributed by atoms with Crippen LogP contribution in [-0.4, -0.2) is 41.8 Å². The quantitative estimate of drug-likeness (QED) is 0.847. The summed E-state index contributed by atoms with van der Waals surface area (Å²) in [7, 11) is 0. The molecular formula is C19H28N2O2. The Morgan fingerprint density at radius 3 is 2.65 bits per heavy atom. The van der Waals surface area contributed by atoms with E-state index in [0.29, 0.717) is 6.54 Å². The Hall–Kier alpha value is -1.81. The maximum absolute atomic E-state index is 12.2. The smallest absolute Gasteiger partial charge is 0.317 e. The van der Waals surface area contributed by atoms with Crippen molar-refractivity contribution in [3.8, 4) is 0 Å². The monoisotopic (exact) mass is 316 g/mol. The molecule has 0 spiro atoms. The van der Waals surface area contributed by atoms with Crippen LogP contribution in [0.3, 0.4) is 0 Å². The number of carbonyl (C=O) groups excluding carboxylic acids is 1. The number of hydrogen-bond donors (Lipinski definition) is 2. The van der Waals surface area contributed by atoms with Gasteiger partial charge in [0.1, 0.15) is 0 Å². The van der Waals surface area contributed by atoms with E-state index in [-0.39, 0.29) is 18.7 Å². The van der Waals surface area contributed by atoms with Crippen LogP contribution in [0.2, 0.25) is 0 Å². The maximum atomic E-state index is 12.2. The van der Waals surface area contributed by atoms with Crippen molar-refractivity contribution in [2.24, 2.45) is 0 Å². The fourth-order valence-electron chi connectivity index (χ4n) is 2.84. The van der Waals surface area contributed by atoms with E-state index in [1.807, 2.05) is 11.8 Å². The zero-order valence-corrected chi connectivity index (χ0v) is 14.2. The minimum atomic E-state index is -0.00734. The second-order valence-corrected chi connectivity index (χ2v) is 6.19. The average molecular weight is 316 g/mol. The highest BCUT2D eigenvalue weighted by atomic mass is 16.3. The first-order valence-corrected chi connectivity index (χ1v) is 8.58. The van der Waals surface area contributed by atoms with Crippen LogP contribution in [0.25, 0.3) is 5.57 Å². The molecule has 1 heterocycles. The van der Waals surface area contributed by atoms with Gasteiger partial charge in [-0.15, -0.1) is 0 Å². The van der Waals surface area contributed by atoms with Crippen LogP contribution >= 0.6 is 0 Å². The van der Waals surface area contributed by atoms with Crippen molar-refractivity contribution in [1.82, 2.24) is 10.2 Å². The van der Waals surface area contributed by atoms with Gasteiger partial charge in [-0.3, -0.25) is 0 Å². The van der Waals surface area contributed by atoms with Crippen LogP contribution in [0.1, 0.15) is 44.2 Å². The molecule has 0 saturated heterocycles. The van der Waals surface area contributed by atoms with Crippen LogP contribution in [-0.2, 0) is 6.42 Å². The van der Waals surface area contributed by atoms with Crippen molar-refractivity contribution in [2.75, 3.05) is 19.7 Å². The standard InChI is InChI=1S/C19H28N2O2/c1-3-16-6-8-17(9-7-16)18-10-12-21(13-11-18)19(23)20-15(2)5-4-14-22/h6-10,15,22H,3-5,11-14H2,1-2H3,(H,20,23). The van der Waals surface area contributed by atoms with Gasteiger partial charge in [0.2, 0.25) is 0 Å². The molecule has 1 atom stereocenters. The molecule has 4 heteroatoms. The van der Waals surface area contributed by atoms with E-state index in [4.69, 9.17) is 5.11 Å². The van der Waals surface area contributed by atoms with Gasteiger partial charge in [-0.2, -0.15) is 0 Å². The summed E-state index contributed by atoms with van der Waals surface area (Å²) in [5, 5.41) is 11.8. The zero-order chi connectivity index (χ0) is 16.7. The molecule has 0 aliphatic carbocycles. The number of aliphatic hydroxyl groups excluding tert-OH is 1. The number of carbonyl (C=O) groups is 1. The summed E-state index contributed by atoms with van der Waals surface area (Å²) in [5.74, 6) is 0. The predicted octanol–water partition coefficient (Wildman–Crippen LogP) is 3.21. The first kappa shape index (κ1) is 17.5. The maximum Gasteiger partial charge on any atom is 0.317 e. The van der Waals surface area contributed by atoms with Gasteiger partial charge >= 0.3 is 6.03 Å². The van der Waals surface area contributed by atoms with E-state index in [1.54, 1.807) is 0 Å². The number of aliphatic hydroxyl groups is 1. The minimum Gasteiger partial charge on any atom is -0.396 e. The highest BCUT2D eigenvalue weighted by molar-refractivity contribution is 5.77. The molecule has 0 saturated carbocycles. The molecular weight excluding hydrogens is 288 g/mol. The number of urea groups is 1. The Kier molecular flexibility index (Phi) is 6.66. The molecule has 1 aliphatic rings. The molecule has 0 radical (unpaired) electrons. The molecule has 2 rings (SSSR count). The van der Waals surface area contributed by atoms with Crippen molar-refractivity contribution in [2.45, 2.75) is 45.6 Å². The van der Waals surface area contributed by atoms with Gasteiger partial charge in [0, 0.05) is 25.7 Å². The number of hydrogen-bond acceptors (Lipinski definition) is 2. The molecule has 2 amide bonds. The number of nitrogens with one attached hydrogen (secondary N) is 1. The van der Waals surface area contributed by atoms with Gasteiger partial charge in [-0.05, 0) is 49.3 Å². The Balaban J connectivity index is 1.88. The van der Waals surface area contributed by atoms with Crippen molar-refractivity contribution < 1.29 is 9.90 Å². The lowest BCUT2D eigenvalue weighted by atomic mass is 9.98. The third-order valence-corrected chi connectivity index (χ3v) is 4.39. The van der Waals surface area contributed by atoms with Gasteiger partial charge < -0.3 is 15.3 Å². The summed E-state index contributed by atoms with van der Waals surface area (Å²) in [6.07, 6.45) is 5.63. The largest absolute Gasteiger partial charge is 0.396 e. The molecule has 1 aromatic carbocycles. The van der Waals surface area contributed by atoms with Gasteiger partial charge in [-0.25, -0.2) is 4.79 Å². The normalized spacial score (nSPS) is 16.0. The summed E-state index contributed by atoms with van der Waals surface area (Å²) in [5.41, 5.74) is 3.94. The first-order chi connectivity index (χ1) is 11.1. The second-order valence-electron chi connectivity index (χ2n) is 6.19. The molecule has 126 valence electrons. The van der Waals surface area contributed by atoms with Gasteiger partial charge in [-0.1, -0.05) is 37.3 Å². The number of nitrogens with zero attached hydrogens (tertiary/aromatic N) is 1. The van der Waals surface area contributed by atoms with Gasteiger partial charge in [0.25, 0.3) is 0 Å². The zero-order valence-electron chi connectivity index (χ0n) is 14.2. The van der Waals surface area contributed by atoms with E-state index in [9.17, 15) is 4.79 Å². The summed E-state index contributed by atoms with van der Waals surface area (Å²) in [6.45, 7) is 5.72. The van der Waals surface area contributed by atoms with Crippen molar-refractivity contribution in [3.63, 3.8) is 0 Å². The number of aryl methyl sites for hydroxylation is 1. The fraction of sp³-hybridized carbons (Fsp3) is 0.526. The van der Waals surface area contributed by atoms with E-state index in [2.05, 4.69) is 42.6 Å². The molecule has 0 fully saturated rings. The molecule has 0 aromatic heterocycles. The SMILES string of the molecule is CCc1ccc(C2=CCN(C(=O)NC(C)CCCO)CC2)cc1. The third-order valence-electron chi connectivity index (χ3n) is 4.39. The Morgan fingerprint density at radius 2 is 2.09 bits per heavy atom. The van der Waals surface area contributed by atoms with Crippen LogP contribution in [0.15, 0.2) is 30.3 Å². The van der Waals surface area contributed by atoms with Crippen molar-refractivity contribution in [1.29, 1.82) is 0 Å². The van der Waals surface area contributed by atoms with E-state index >= 15 is 0 Å². The van der Waals surface area contributed by atoms with Crippen LogP contribution in [0, 0.1) is 0 Å². The molecule has 1 aliphatic heterocycles. The number of benzene rings is 1. The Labute approximate surface area is 139 Å². The number of amides is 2. The topological polar surface area (TPSA) is 52.6 Å². The van der Waals surface area contributed by atoms with Gasteiger partial charge in [0.05, 0.1) is 0 Å². The molecule has 1 unspecified atom stereocenters. The highest BCUT2D eigenvalue weighted by Crippen LogP contribution is 2.23. The fourth-order valence-corrected chi connectivity index (χ4v) is 2.84. The summed E-state index contributed by atoms with van der Waals surface area (Å²) < 4.78 is 0. The van der Waals surface area contributed by atoms with Crippen molar-refractivity contribution >= 4 is 11.6 Å². The minimum absolute atomic E-state index is 0.00734. The summed E-state index contributed by atoms with van der Waals surface area (Å²) in [4.78, 5) is 14.1. The molecule has 4 nitrogen and oxygen atoms in total. The molecule has 23 heavy (non-hydrogen) atoms. The average Bonchev–Trinajstić information content (AvgIpc) is 2.60. The lowest BCUT2D eigenvalue weighted by molar-refractivity contribution is 0.197. The van der Waals surface area contributed by atoms with Crippen LogP contribution in [0.4, 0.5) is 4.79 Å². The molecule has 2 N–H and O–H groups in total.